The van der Waals surface area contributed by atoms with E-state index in [1.165, 1.54) is 0 Å². The second kappa shape index (κ2) is 9.20. The molecule has 27 heavy (non-hydrogen) atoms. The van der Waals surface area contributed by atoms with Gasteiger partial charge >= 0.3 is 0 Å². The van der Waals surface area contributed by atoms with Crippen molar-refractivity contribution >= 4 is 5.91 Å². The molecule has 2 aromatic rings. The lowest BCUT2D eigenvalue weighted by Crippen LogP contribution is -2.49. The van der Waals surface area contributed by atoms with Crippen LogP contribution in [0.25, 0.3) is 11.1 Å². The van der Waals surface area contributed by atoms with Crippen LogP contribution in [0.3, 0.4) is 0 Å². The van der Waals surface area contributed by atoms with Crippen molar-refractivity contribution in [3.05, 3.63) is 54.1 Å². The molecule has 0 aromatic heterocycles. The molecule has 5 nitrogen and oxygen atoms in total. The summed E-state index contributed by atoms with van der Waals surface area (Å²) in [6.07, 6.45) is 3.48. The second-order valence-corrected chi connectivity index (χ2v) is 6.83. The molecule has 1 saturated heterocycles. The topological polar surface area (TPSA) is 74.1 Å². The first-order chi connectivity index (χ1) is 13.2. The SMILES string of the molecule is COc1cccc(-c2ccc(C[C@@H](C#N)NC(=O)C3CCCCN3)cc2)c1. The zero-order valence-corrected chi connectivity index (χ0v) is 15.6. The Morgan fingerprint density at radius 2 is 2.07 bits per heavy atom. The van der Waals surface area contributed by atoms with Crippen LogP contribution in [0.1, 0.15) is 24.8 Å². The Morgan fingerprint density at radius 3 is 2.74 bits per heavy atom. The van der Waals surface area contributed by atoms with Gasteiger partial charge in [-0.1, -0.05) is 42.8 Å². The molecule has 5 heteroatoms. The number of nitriles is 1. The number of hydrogen-bond donors (Lipinski definition) is 2. The van der Waals surface area contributed by atoms with Gasteiger partial charge < -0.3 is 15.4 Å². The number of nitrogens with one attached hydrogen (secondary N) is 2. The van der Waals surface area contributed by atoms with E-state index in [0.29, 0.717) is 6.42 Å². The highest BCUT2D eigenvalue weighted by molar-refractivity contribution is 5.82. The second-order valence-electron chi connectivity index (χ2n) is 6.83. The molecule has 2 atom stereocenters. The summed E-state index contributed by atoms with van der Waals surface area (Å²) in [6.45, 7) is 0.862. The van der Waals surface area contributed by atoms with E-state index >= 15 is 0 Å². The van der Waals surface area contributed by atoms with Gasteiger partial charge in [-0.2, -0.15) is 5.26 Å². The molecular formula is C22H25N3O2. The molecule has 3 rings (SSSR count). The fourth-order valence-corrected chi connectivity index (χ4v) is 3.35. The van der Waals surface area contributed by atoms with Gasteiger partial charge in [-0.15, -0.1) is 0 Å². The first-order valence-corrected chi connectivity index (χ1v) is 9.36. The Morgan fingerprint density at radius 1 is 1.26 bits per heavy atom. The number of piperidine rings is 1. The number of ether oxygens (including phenoxy) is 1. The predicted octanol–water partition coefficient (Wildman–Crippen LogP) is 3.06. The van der Waals surface area contributed by atoms with Gasteiger partial charge in [-0.25, -0.2) is 0 Å². The quantitative estimate of drug-likeness (QED) is 0.827. The Hall–Kier alpha value is -2.84. The maximum atomic E-state index is 12.3. The van der Waals surface area contributed by atoms with Crippen molar-refractivity contribution in [1.29, 1.82) is 5.26 Å². The molecule has 1 aliphatic heterocycles. The third kappa shape index (κ3) is 5.08. The van der Waals surface area contributed by atoms with Crippen LogP contribution in [0.5, 0.6) is 5.75 Å². The van der Waals surface area contributed by atoms with Gasteiger partial charge in [-0.05, 0) is 48.2 Å². The summed E-state index contributed by atoms with van der Waals surface area (Å²) in [5.41, 5.74) is 3.18. The van der Waals surface area contributed by atoms with Crippen LogP contribution in [0.2, 0.25) is 0 Å². The molecule has 1 fully saturated rings. The van der Waals surface area contributed by atoms with Crippen molar-refractivity contribution in [2.45, 2.75) is 37.8 Å². The molecule has 2 N–H and O–H groups in total. The minimum Gasteiger partial charge on any atom is -0.497 e. The van der Waals surface area contributed by atoms with Crippen LogP contribution >= 0.6 is 0 Å². The standard InChI is InChI=1S/C22H25N3O2/c1-27-20-6-4-5-18(14-20)17-10-8-16(9-11-17)13-19(15-23)25-22(26)21-7-2-3-12-24-21/h4-6,8-11,14,19,21,24H,2-3,7,12-13H2,1H3,(H,25,26)/t19-,21?/m0/s1. The van der Waals surface area contributed by atoms with Gasteiger partial charge in [0.1, 0.15) is 11.8 Å². The third-order valence-electron chi connectivity index (χ3n) is 4.90. The molecule has 1 heterocycles. The van der Waals surface area contributed by atoms with E-state index in [2.05, 4.69) is 16.7 Å². The highest BCUT2D eigenvalue weighted by Crippen LogP contribution is 2.24. The summed E-state index contributed by atoms with van der Waals surface area (Å²) in [4.78, 5) is 12.3. The molecule has 2 aromatic carbocycles. The largest absolute Gasteiger partial charge is 0.497 e. The van der Waals surface area contributed by atoms with Gasteiger partial charge in [-0.3, -0.25) is 4.79 Å². The molecule has 1 amide bonds. The Bertz CT molecular complexity index is 805. The highest BCUT2D eigenvalue weighted by Gasteiger charge is 2.22. The lowest BCUT2D eigenvalue weighted by molar-refractivity contribution is -0.124. The van der Waals surface area contributed by atoms with E-state index in [4.69, 9.17) is 4.74 Å². The fraction of sp³-hybridized carbons (Fsp3) is 0.364. The van der Waals surface area contributed by atoms with E-state index in [9.17, 15) is 10.1 Å². The van der Waals surface area contributed by atoms with Gasteiger partial charge in [0.25, 0.3) is 0 Å². The molecule has 1 aliphatic rings. The summed E-state index contributed by atoms with van der Waals surface area (Å²) < 4.78 is 5.27. The van der Waals surface area contributed by atoms with Crippen molar-refractivity contribution in [2.75, 3.05) is 13.7 Å². The van der Waals surface area contributed by atoms with E-state index < -0.39 is 6.04 Å². The van der Waals surface area contributed by atoms with E-state index in [1.54, 1.807) is 7.11 Å². The van der Waals surface area contributed by atoms with Gasteiger partial charge in [0, 0.05) is 6.42 Å². The molecule has 1 unspecified atom stereocenters. The average molecular weight is 363 g/mol. The highest BCUT2D eigenvalue weighted by atomic mass is 16.5. The normalized spacial score (nSPS) is 17.6. The van der Waals surface area contributed by atoms with Crippen LogP contribution < -0.4 is 15.4 Å². The van der Waals surface area contributed by atoms with Crippen LogP contribution in [0, 0.1) is 11.3 Å². The van der Waals surface area contributed by atoms with Crippen molar-refractivity contribution in [3.8, 4) is 22.9 Å². The van der Waals surface area contributed by atoms with Crippen molar-refractivity contribution < 1.29 is 9.53 Å². The molecule has 0 aliphatic carbocycles. The number of methoxy groups -OCH3 is 1. The molecule has 0 radical (unpaired) electrons. The van der Waals surface area contributed by atoms with Gasteiger partial charge in [0.2, 0.25) is 5.91 Å². The molecule has 0 saturated carbocycles. The van der Waals surface area contributed by atoms with Crippen LogP contribution in [-0.4, -0.2) is 31.6 Å². The number of rotatable bonds is 6. The van der Waals surface area contributed by atoms with Crippen LogP contribution in [0.4, 0.5) is 0 Å². The maximum absolute atomic E-state index is 12.3. The summed E-state index contributed by atoms with van der Waals surface area (Å²) in [7, 11) is 1.65. The van der Waals surface area contributed by atoms with E-state index in [0.717, 1.165) is 48.2 Å². The lowest BCUT2D eigenvalue weighted by Gasteiger charge is -2.23. The summed E-state index contributed by atoms with van der Waals surface area (Å²) >= 11 is 0. The predicted molar refractivity (Wildman–Crippen MR) is 105 cm³/mol. The fourth-order valence-electron chi connectivity index (χ4n) is 3.35. The first kappa shape index (κ1) is 18.9. The third-order valence-corrected chi connectivity index (χ3v) is 4.90. The number of hydrogen-bond acceptors (Lipinski definition) is 4. The number of amides is 1. The van der Waals surface area contributed by atoms with Crippen molar-refractivity contribution in [3.63, 3.8) is 0 Å². The Labute approximate surface area is 160 Å². The Kier molecular flexibility index (Phi) is 6.45. The average Bonchev–Trinajstić information content (AvgIpc) is 2.74. The molecule has 0 spiro atoms. The minimum atomic E-state index is -0.524. The summed E-state index contributed by atoms with van der Waals surface area (Å²) in [5, 5.41) is 15.5. The maximum Gasteiger partial charge on any atom is 0.238 e. The van der Waals surface area contributed by atoms with Crippen LogP contribution in [0.15, 0.2) is 48.5 Å². The smallest absolute Gasteiger partial charge is 0.238 e. The van der Waals surface area contributed by atoms with Crippen molar-refractivity contribution in [1.82, 2.24) is 10.6 Å². The number of carbonyl (C=O) groups excluding carboxylic acids is 1. The molecule has 140 valence electrons. The number of benzene rings is 2. The number of nitrogens with zero attached hydrogens (tertiary/aromatic N) is 1. The molecule has 0 bridgehead atoms. The van der Waals surface area contributed by atoms with E-state index in [-0.39, 0.29) is 11.9 Å². The van der Waals surface area contributed by atoms with E-state index in [1.807, 2.05) is 48.5 Å². The van der Waals surface area contributed by atoms with Crippen molar-refractivity contribution in [2.24, 2.45) is 0 Å². The summed E-state index contributed by atoms with van der Waals surface area (Å²) in [6, 6.07) is 17.5. The first-order valence-electron chi connectivity index (χ1n) is 9.36. The lowest BCUT2D eigenvalue weighted by atomic mass is 10.00. The minimum absolute atomic E-state index is 0.0748. The zero-order chi connectivity index (χ0) is 19.1. The van der Waals surface area contributed by atoms with Gasteiger partial charge in [0.15, 0.2) is 0 Å². The summed E-state index contributed by atoms with van der Waals surface area (Å²) in [5.74, 6) is 0.745. The Balaban J connectivity index is 1.62. The monoisotopic (exact) mass is 363 g/mol. The molecular weight excluding hydrogens is 338 g/mol. The zero-order valence-electron chi connectivity index (χ0n) is 15.6. The van der Waals surface area contributed by atoms with Crippen LogP contribution in [-0.2, 0) is 11.2 Å². The number of carbonyl (C=O) groups is 1. The van der Waals surface area contributed by atoms with Gasteiger partial charge in [0.05, 0.1) is 19.2 Å².